The molecule has 0 atom stereocenters. The minimum atomic E-state index is 1.10. The fraction of sp³-hybridized carbons (Fsp3) is 0.600. The molecule has 0 aliphatic rings. The first kappa shape index (κ1) is 13.8. The van der Waals surface area contributed by atoms with E-state index in [0.717, 1.165) is 5.33 Å². The summed E-state index contributed by atoms with van der Waals surface area (Å²) >= 11 is 3.48. The Labute approximate surface area is 109 Å². The summed E-state index contributed by atoms with van der Waals surface area (Å²) in [6.07, 6.45) is 9.11. The highest BCUT2D eigenvalue weighted by Crippen LogP contribution is 2.12. The summed E-state index contributed by atoms with van der Waals surface area (Å²) in [7, 11) is 0. The Kier molecular flexibility index (Phi) is 7.58. The predicted octanol–water partition coefficient (Wildman–Crippen LogP) is 5.14. The third-order valence-electron chi connectivity index (χ3n) is 2.91. The molecule has 90 valence electrons. The average Bonchev–Trinajstić information content (AvgIpc) is 2.33. The van der Waals surface area contributed by atoms with Crippen LogP contribution in [0.25, 0.3) is 0 Å². The molecule has 0 N–H and O–H groups in total. The van der Waals surface area contributed by atoms with Gasteiger partial charge in [-0.1, -0.05) is 66.4 Å². The zero-order valence-electron chi connectivity index (χ0n) is 10.3. The molecule has 0 heterocycles. The first-order chi connectivity index (χ1) is 7.86. The standard InChI is InChI=1S/C15H23Br/c1-2-3-4-5-8-14-9-6-10-15(13-14)11-7-12-16/h6,9-10,13H,2-5,7-8,11-12H2,1H3. The van der Waals surface area contributed by atoms with Crippen LogP contribution in [0.1, 0.15) is 50.2 Å². The van der Waals surface area contributed by atoms with Crippen LogP contribution in [-0.4, -0.2) is 5.33 Å². The first-order valence-electron chi connectivity index (χ1n) is 6.50. The minimum Gasteiger partial charge on any atom is -0.0928 e. The number of rotatable bonds is 8. The minimum absolute atomic E-state index is 1.10. The number of benzene rings is 1. The second-order valence-corrected chi connectivity index (χ2v) is 5.22. The predicted molar refractivity (Wildman–Crippen MR) is 76.4 cm³/mol. The molecule has 0 unspecified atom stereocenters. The van der Waals surface area contributed by atoms with E-state index in [2.05, 4.69) is 47.1 Å². The van der Waals surface area contributed by atoms with Gasteiger partial charge in [0.2, 0.25) is 0 Å². The van der Waals surface area contributed by atoms with Gasteiger partial charge in [0.25, 0.3) is 0 Å². The lowest BCUT2D eigenvalue weighted by atomic mass is 10.0. The van der Waals surface area contributed by atoms with Crippen LogP contribution in [0.5, 0.6) is 0 Å². The van der Waals surface area contributed by atoms with Crippen LogP contribution in [0, 0.1) is 0 Å². The van der Waals surface area contributed by atoms with E-state index in [1.165, 1.54) is 56.1 Å². The van der Waals surface area contributed by atoms with Crippen molar-refractivity contribution in [3.8, 4) is 0 Å². The topological polar surface area (TPSA) is 0 Å². The maximum absolute atomic E-state index is 3.48. The Morgan fingerprint density at radius 1 is 0.938 bits per heavy atom. The molecule has 0 saturated carbocycles. The molecule has 0 radical (unpaired) electrons. The molecular formula is C15H23Br. The second kappa shape index (κ2) is 8.81. The quantitative estimate of drug-likeness (QED) is 0.458. The van der Waals surface area contributed by atoms with Crippen LogP contribution < -0.4 is 0 Å². The van der Waals surface area contributed by atoms with Gasteiger partial charge in [-0.05, 0) is 36.8 Å². The van der Waals surface area contributed by atoms with E-state index in [9.17, 15) is 0 Å². The lowest BCUT2D eigenvalue weighted by Crippen LogP contribution is -1.90. The number of alkyl halides is 1. The smallest absolute Gasteiger partial charge is 0.00344 e. The van der Waals surface area contributed by atoms with E-state index >= 15 is 0 Å². The lowest BCUT2D eigenvalue weighted by molar-refractivity contribution is 0.666. The zero-order chi connectivity index (χ0) is 11.6. The molecule has 0 fully saturated rings. The van der Waals surface area contributed by atoms with Crippen LogP contribution in [0.4, 0.5) is 0 Å². The van der Waals surface area contributed by atoms with E-state index in [0.29, 0.717) is 0 Å². The van der Waals surface area contributed by atoms with Crippen molar-refractivity contribution in [3.05, 3.63) is 35.4 Å². The maximum Gasteiger partial charge on any atom is 0.00344 e. The van der Waals surface area contributed by atoms with Crippen molar-refractivity contribution in [1.29, 1.82) is 0 Å². The van der Waals surface area contributed by atoms with E-state index in [1.54, 1.807) is 0 Å². The Bertz CT molecular complexity index is 281. The molecule has 1 heteroatoms. The average molecular weight is 283 g/mol. The van der Waals surface area contributed by atoms with Crippen LogP contribution in [0.3, 0.4) is 0 Å². The van der Waals surface area contributed by atoms with Crippen molar-refractivity contribution in [2.24, 2.45) is 0 Å². The lowest BCUT2D eigenvalue weighted by Gasteiger charge is -2.04. The van der Waals surface area contributed by atoms with Crippen molar-refractivity contribution < 1.29 is 0 Å². The number of hydrogen-bond donors (Lipinski definition) is 0. The molecule has 1 aromatic rings. The van der Waals surface area contributed by atoms with Crippen LogP contribution in [0.15, 0.2) is 24.3 Å². The third-order valence-corrected chi connectivity index (χ3v) is 3.47. The number of aryl methyl sites for hydroxylation is 2. The zero-order valence-corrected chi connectivity index (χ0v) is 11.9. The Morgan fingerprint density at radius 2 is 1.62 bits per heavy atom. The van der Waals surface area contributed by atoms with Crippen LogP contribution in [0.2, 0.25) is 0 Å². The fourth-order valence-electron chi connectivity index (χ4n) is 1.97. The van der Waals surface area contributed by atoms with Gasteiger partial charge in [0, 0.05) is 5.33 Å². The molecule has 0 aliphatic heterocycles. The molecule has 0 aromatic heterocycles. The van der Waals surface area contributed by atoms with Gasteiger partial charge in [-0.2, -0.15) is 0 Å². The van der Waals surface area contributed by atoms with Gasteiger partial charge in [-0.3, -0.25) is 0 Å². The van der Waals surface area contributed by atoms with Gasteiger partial charge < -0.3 is 0 Å². The van der Waals surface area contributed by atoms with Crippen LogP contribution >= 0.6 is 15.9 Å². The summed E-state index contributed by atoms with van der Waals surface area (Å²) in [5.41, 5.74) is 3.01. The van der Waals surface area contributed by atoms with Gasteiger partial charge >= 0.3 is 0 Å². The van der Waals surface area contributed by atoms with Crippen molar-refractivity contribution in [2.45, 2.75) is 51.9 Å². The Hall–Kier alpha value is -0.300. The highest BCUT2D eigenvalue weighted by atomic mass is 79.9. The Morgan fingerprint density at radius 3 is 2.25 bits per heavy atom. The highest BCUT2D eigenvalue weighted by Gasteiger charge is 1.96. The van der Waals surface area contributed by atoms with Gasteiger partial charge in [0.15, 0.2) is 0 Å². The van der Waals surface area contributed by atoms with Crippen molar-refractivity contribution >= 4 is 15.9 Å². The van der Waals surface area contributed by atoms with Crippen molar-refractivity contribution in [2.75, 3.05) is 5.33 Å². The summed E-state index contributed by atoms with van der Waals surface area (Å²) in [6, 6.07) is 9.11. The number of unbranched alkanes of at least 4 members (excludes halogenated alkanes) is 3. The molecule has 0 saturated heterocycles. The normalized spacial score (nSPS) is 10.6. The summed E-state index contributed by atoms with van der Waals surface area (Å²) in [5.74, 6) is 0. The molecule has 0 spiro atoms. The maximum atomic E-state index is 3.48. The number of hydrogen-bond acceptors (Lipinski definition) is 0. The van der Waals surface area contributed by atoms with Gasteiger partial charge in [0.1, 0.15) is 0 Å². The molecule has 1 aromatic carbocycles. The highest BCUT2D eigenvalue weighted by molar-refractivity contribution is 9.09. The van der Waals surface area contributed by atoms with Gasteiger partial charge in [0.05, 0.1) is 0 Å². The molecule has 16 heavy (non-hydrogen) atoms. The molecule has 0 aliphatic carbocycles. The fourth-order valence-corrected chi connectivity index (χ4v) is 2.25. The van der Waals surface area contributed by atoms with Crippen molar-refractivity contribution in [3.63, 3.8) is 0 Å². The summed E-state index contributed by atoms with van der Waals surface area (Å²) < 4.78 is 0. The first-order valence-corrected chi connectivity index (χ1v) is 7.62. The van der Waals surface area contributed by atoms with Gasteiger partial charge in [-0.25, -0.2) is 0 Å². The van der Waals surface area contributed by atoms with E-state index in [1.807, 2.05) is 0 Å². The summed E-state index contributed by atoms with van der Waals surface area (Å²) in [5, 5.41) is 1.10. The SMILES string of the molecule is CCCCCCc1cccc(CCCBr)c1. The monoisotopic (exact) mass is 282 g/mol. The van der Waals surface area contributed by atoms with Crippen LogP contribution in [-0.2, 0) is 12.8 Å². The van der Waals surface area contributed by atoms with Crippen molar-refractivity contribution in [1.82, 2.24) is 0 Å². The van der Waals surface area contributed by atoms with E-state index in [-0.39, 0.29) is 0 Å². The summed E-state index contributed by atoms with van der Waals surface area (Å²) in [4.78, 5) is 0. The third kappa shape index (κ3) is 5.69. The second-order valence-electron chi connectivity index (χ2n) is 4.42. The molecular weight excluding hydrogens is 260 g/mol. The van der Waals surface area contributed by atoms with Gasteiger partial charge in [-0.15, -0.1) is 0 Å². The largest absolute Gasteiger partial charge is 0.0928 e. The van der Waals surface area contributed by atoms with E-state index < -0.39 is 0 Å². The van der Waals surface area contributed by atoms with E-state index in [4.69, 9.17) is 0 Å². The number of halogens is 1. The molecule has 0 nitrogen and oxygen atoms in total. The molecule has 1 rings (SSSR count). The molecule has 0 bridgehead atoms. The summed E-state index contributed by atoms with van der Waals surface area (Å²) in [6.45, 7) is 2.26. The molecule has 0 amide bonds. The Balaban J connectivity index is 2.35.